The van der Waals surface area contributed by atoms with Crippen molar-refractivity contribution in [1.82, 2.24) is 14.5 Å². The first-order valence-electron chi connectivity index (χ1n) is 10.9. The van der Waals surface area contributed by atoms with E-state index in [1.165, 1.54) is 23.1 Å². The summed E-state index contributed by atoms with van der Waals surface area (Å²) in [6, 6.07) is 12.4. The average Bonchev–Trinajstić information content (AvgIpc) is 2.98. The van der Waals surface area contributed by atoms with Crippen molar-refractivity contribution < 1.29 is 22.8 Å². The van der Waals surface area contributed by atoms with Crippen molar-refractivity contribution in [3.63, 3.8) is 0 Å². The zero-order valence-electron chi connectivity index (χ0n) is 19.2. The molecule has 0 aliphatic carbocycles. The number of benzene rings is 2. The van der Waals surface area contributed by atoms with Gasteiger partial charge in [0, 0.05) is 12.6 Å². The second-order valence-corrected chi connectivity index (χ2v) is 10.1. The maximum atomic E-state index is 13.4. The van der Waals surface area contributed by atoms with Crippen molar-refractivity contribution in [3.8, 4) is 0 Å². The Balaban J connectivity index is 1.90. The molecule has 2 aromatic carbocycles. The molecule has 1 aliphatic rings. The lowest BCUT2D eigenvalue weighted by molar-refractivity contribution is -0.140. The number of carbonyl (C=O) groups is 3. The van der Waals surface area contributed by atoms with Crippen LogP contribution in [-0.2, 0) is 26.2 Å². The second-order valence-electron chi connectivity index (χ2n) is 8.25. The standard InChI is InChI=1S/C24H29N3O5S/c1-5-17(3)25-23(29)18(4)26(14-19-11-7-6-10-16(19)2)22(28)15-27-24(30)20-12-8-9-13-21(20)33(27,31)32/h6-13,17-18H,5,14-15H2,1-4H3,(H,25,29)/t17-,18+/m0/s1. The minimum Gasteiger partial charge on any atom is -0.352 e. The van der Waals surface area contributed by atoms with E-state index in [9.17, 15) is 22.8 Å². The summed E-state index contributed by atoms with van der Waals surface area (Å²) in [5.41, 5.74) is 1.80. The molecule has 3 rings (SSSR count). The van der Waals surface area contributed by atoms with Gasteiger partial charge in [-0.05, 0) is 50.5 Å². The first-order chi connectivity index (χ1) is 15.6. The van der Waals surface area contributed by atoms with Gasteiger partial charge in [0.1, 0.15) is 17.5 Å². The van der Waals surface area contributed by atoms with Gasteiger partial charge in [-0.25, -0.2) is 12.7 Å². The van der Waals surface area contributed by atoms with Crippen LogP contribution in [0.5, 0.6) is 0 Å². The summed E-state index contributed by atoms with van der Waals surface area (Å²) >= 11 is 0. The molecule has 2 atom stereocenters. The van der Waals surface area contributed by atoms with Gasteiger partial charge in [0.25, 0.3) is 15.9 Å². The Morgan fingerprint density at radius 3 is 2.33 bits per heavy atom. The molecule has 9 heteroatoms. The predicted octanol–water partition coefficient (Wildman–Crippen LogP) is 2.47. The number of amides is 3. The Labute approximate surface area is 194 Å². The molecule has 1 aliphatic heterocycles. The van der Waals surface area contributed by atoms with Crippen LogP contribution in [0.4, 0.5) is 0 Å². The van der Waals surface area contributed by atoms with E-state index >= 15 is 0 Å². The average molecular weight is 472 g/mol. The SMILES string of the molecule is CC[C@H](C)NC(=O)[C@@H](C)N(Cc1ccccc1C)C(=O)CN1C(=O)c2ccccc2S1(=O)=O. The van der Waals surface area contributed by atoms with Crippen LogP contribution in [0, 0.1) is 6.92 Å². The van der Waals surface area contributed by atoms with Crippen molar-refractivity contribution in [2.24, 2.45) is 0 Å². The van der Waals surface area contributed by atoms with E-state index in [0.717, 1.165) is 17.5 Å². The quantitative estimate of drug-likeness (QED) is 0.637. The fourth-order valence-electron chi connectivity index (χ4n) is 3.62. The summed E-state index contributed by atoms with van der Waals surface area (Å²) in [7, 11) is -4.14. The van der Waals surface area contributed by atoms with Crippen LogP contribution in [-0.4, -0.2) is 54.0 Å². The van der Waals surface area contributed by atoms with Gasteiger partial charge in [-0.2, -0.15) is 0 Å². The molecule has 0 bridgehead atoms. The molecule has 3 amide bonds. The zero-order valence-corrected chi connectivity index (χ0v) is 20.1. The second kappa shape index (κ2) is 9.74. The highest BCUT2D eigenvalue weighted by atomic mass is 32.2. The smallest absolute Gasteiger partial charge is 0.269 e. The molecule has 33 heavy (non-hydrogen) atoms. The lowest BCUT2D eigenvalue weighted by atomic mass is 10.1. The molecule has 8 nitrogen and oxygen atoms in total. The third-order valence-corrected chi connectivity index (χ3v) is 7.75. The Hall–Kier alpha value is -3.20. The van der Waals surface area contributed by atoms with Gasteiger partial charge in [-0.3, -0.25) is 14.4 Å². The predicted molar refractivity (Wildman–Crippen MR) is 124 cm³/mol. The monoisotopic (exact) mass is 471 g/mol. The summed E-state index contributed by atoms with van der Waals surface area (Å²) in [4.78, 5) is 40.2. The van der Waals surface area contributed by atoms with Gasteiger partial charge in [-0.15, -0.1) is 0 Å². The maximum absolute atomic E-state index is 13.4. The van der Waals surface area contributed by atoms with Gasteiger partial charge < -0.3 is 10.2 Å². The number of hydrogen-bond donors (Lipinski definition) is 1. The molecule has 0 fully saturated rings. The Kier molecular flexibility index (Phi) is 7.22. The maximum Gasteiger partial charge on any atom is 0.269 e. The minimum atomic E-state index is -4.14. The minimum absolute atomic E-state index is 0.0401. The molecule has 176 valence electrons. The summed E-state index contributed by atoms with van der Waals surface area (Å²) in [5, 5.41) is 2.87. The molecular formula is C24H29N3O5S. The number of carbonyl (C=O) groups excluding carboxylic acids is 3. The van der Waals surface area contributed by atoms with Crippen molar-refractivity contribution in [1.29, 1.82) is 0 Å². The molecule has 0 aromatic heterocycles. The number of rotatable bonds is 8. The topological polar surface area (TPSA) is 104 Å². The van der Waals surface area contributed by atoms with E-state index in [2.05, 4.69) is 5.32 Å². The van der Waals surface area contributed by atoms with Gasteiger partial charge in [0.05, 0.1) is 5.56 Å². The third-order valence-electron chi connectivity index (χ3n) is 5.96. The van der Waals surface area contributed by atoms with Gasteiger partial charge in [-0.1, -0.05) is 43.3 Å². The number of hydrogen-bond acceptors (Lipinski definition) is 5. The Morgan fingerprint density at radius 1 is 1.06 bits per heavy atom. The van der Waals surface area contributed by atoms with Crippen molar-refractivity contribution >= 4 is 27.7 Å². The largest absolute Gasteiger partial charge is 0.352 e. The van der Waals surface area contributed by atoms with Crippen LogP contribution in [0.25, 0.3) is 0 Å². The number of fused-ring (bicyclic) bond motifs is 1. The van der Waals surface area contributed by atoms with Crippen LogP contribution in [0.2, 0.25) is 0 Å². The van der Waals surface area contributed by atoms with Crippen LogP contribution in [0.3, 0.4) is 0 Å². The first-order valence-corrected chi connectivity index (χ1v) is 12.3. The van der Waals surface area contributed by atoms with Crippen molar-refractivity contribution in [3.05, 3.63) is 65.2 Å². The first kappa shape index (κ1) is 24.4. The normalized spacial score (nSPS) is 16.1. The van der Waals surface area contributed by atoms with E-state index in [0.29, 0.717) is 4.31 Å². The highest BCUT2D eigenvalue weighted by molar-refractivity contribution is 7.90. The van der Waals surface area contributed by atoms with Gasteiger partial charge >= 0.3 is 0 Å². The fraction of sp³-hybridized carbons (Fsp3) is 0.375. The van der Waals surface area contributed by atoms with Crippen LogP contribution < -0.4 is 5.32 Å². The molecular weight excluding hydrogens is 442 g/mol. The number of aryl methyl sites for hydroxylation is 1. The molecule has 0 unspecified atom stereocenters. The highest BCUT2D eigenvalue weighted by Gasteiger charge is 2.43. The molecule has 2 aromatic rings. The lowest BCUT2D eigenvalue weighted by Crippen LogP contribution is -2.52. The number of nitrogens with one attached hydrogen (secondary N) is 1. The van der Waals surface area contributed by atoms with Crippen molar-refractivity contribution in [2.45, 2.75) is 57.6 Å². The van der Waals surface area contributed by atoms with E-state index < -0.39 is 34.4 Å². The molecule has 0 radical (unpaired) electrons. The summed E-state index contributed by atoms with van der Waals surface area (Å²) < 4.78 is 26.4. The van der Waals surface area contributed by atoms with E-state index in [1.54, 1.807) is 13.0 Å². The summed E-state index contributed by atoms with van der Waals surface area (Å²) in [6.45, 7) is 6.73. The molecule has 1 N–H and O–H groups in total. The Bertz CT molecular complexity index is 1180. The van der Waals surface area contributed by atoms with Gasteiger partial charge in [0.2, 0.25) is 11.8 Å². The van der Waals surface area contributed by atoms with E-state index in [1.807, 2.05) is 45.0 Å². The summed E-state index contributed by atoms with van der Waals surface area (Å²) in [6.07, 6.45) is 0.725. The van der Waals surface area contributed by atoms with Gasteiger partial charge in [0.15, 0.2) is 0 Å². The Morgan fingerprint density at radius 2 is 1.70 bits per heavy atom. The number of sulfonamides is 1. The molecule has 1 heterocycles. The molecule has 0 saturated heterocycles. The van der Waals surface area contributed by atoms with E-state index in [-0.39, 0.29) is 29.0 Å². The van der Waals surface area contributed by atoms with Crippen LogP contribution in [0.1, 0.15) is 48.7 Å². The van der Waals surface area contributed by atoms with E-state index in [4.69, 9.17) is 0 Å². The van der Waals surface area contributed by atoms with Crippen LogP contribution >= 0.6 is 0 Å². The molecule has 0 saturated carbocycles. The zero-order chi connectivity index (χ0) is 24.3. The van der Waals surface area contributed by atoms with Crippen molar-refractivity contribution in [2.75, 3.05) is 6.54 Å². The van der Waals surface area contributed by atoms with Crippen LogP contribution in [0.15, 0.2) is 53.4 Å². The lowest BCUT2D eigenvalue weighted by Gasteiger charge is -2.31. The highest BCUT2D eigenvalue weighted by Crippen LogP contribution is 2.30. The number of nitrogens with zero attached hydrogens (tertiary/aromatic N) is 2. The molecule has 0 spiro atoms. The third kappa shape index (κ3) is 4.93. The summed E-state index contributed by atoms with van der Waals surface area (Å²) in [5.74, 6) is -1.72. The fourth-order valence-corrected chi connectivity index (χ4v) is 5.14.